The Kier molecular flexibility index (Phi) is 14.5. The predicted molar refractivity (Wildman–Crippen MR) is 154 cm³/mol. The maximum absolute atomic E-state index is 11.6. The number of hydrogen-bond donors (Lipinski definition) is 2. The lowest BCUT2D eigenvalue weighted by Crippen LogP contribution is -2.42. The van der Waals surface area contributed by atoms with Gasteiger partial charge in [-0.2, -0.15) is 0 Å². The van der Waals surface area contributed by atoms with Gasteiger partial charge in [-0.25, -0.2) is 0 Å². The zero-order chi connectivity index (χ0) is 29.1. The number of carbonyl (C=O) groups is 3. The van der Waals surface area contributed by atoms with Crippen molar-refractivity contribution in [2.24, 2.45) is 16.2 Å². The zero-order valence-corrected chi connectivity index (χ0v) is 26.4. The first kappa shape index (κ1) is 35.4. The van der Waals surface area contributed by atoms with Gasteiger partial charge in [-0.15, -0.1) is 0 Å². The van der Waals surface area contributed by atoms with E-state index in [1.807, 2.05) is 83.1 Å². The summed E-state index contributed by atoms with van der Waals surface area (Å²) in [6, 6.07) is 0.890. The molecular formula is C31H60N2O4. The number of nitrogens with one attached hydrogen (secondary N) is 2. The summed E-state index contributed by atoms with van der Waals surface area (Å²) < 4.78 is 5.16. The Labute approximate surface area is 228 Å². The number of carbonyl (C=O) groups excluding carboxylic acids is 3. The average molecular weight is 525 g/mol. The first-order valence-corrected chi connectivity index (χ1v) is 14.5. The topological polar surface area (TPSA) is 84.5 Å². The van der Waals surface area contributed by atoms with Crippen molar-refractivity contribution in [3.05, 3.63) is 0 Å². The summed E-state index contributed by atoms with van der Waals surface area (Å²) in [5, 5.41) is 6.24. The van der Waals surface area contributed by atoms with Crippen LogP contribution in [0, 0.1) is 16.2 Å². The summed E-state index contributed by atoms with van der Waals surface area (Å²) in [4.78, 5) is 34.5. The van der Waals surface area contributed by atoms with Crippen LogP contribution in [0.4, 0.5) is 0 Å². The van der Waals surface area contributed by atoms with E-state index >= 15 is 0 Å². The molecular weight excluding hydrogens is 464 g/mol. The molecule has 6 nitrogen and oxygen atoms in total. The Hall–Kier alpha value is -1.59. The van der Waals surface area contributed by atoms with Crippen molar-refractivity contribution in [1.82, 2.24) is 10.6 Å². The molecule has 0 aromatic heterocycles. The van der Waals surface area contributed by atoms with Gasteiger partial charge in [-0.1, -0.05) is 80.1 Å². The van der Waals surface area contributed by atoms with Crippen molar-refractivity contribution in [2.75, 3.05) is 0 Å². The Morgan fingerprint density at radius 1 is 0.514 bits per heavy atom. The summed E-state index contributed by atoms with van der Waals surface area (Å²) in [6.45, 7) is 22.9. The number of rotatable bonds is 2. The minimum atomic E-state index is -0.396. The SMILES string of the molecule is CC(C)(C)C(=O)NC1CCCCC1.CC(C)(C)C(=O)NC1CCCCC1.CC(C)(C)OC(=O)C(C)(C)C. The predicted octanol–water partition coefficient (Wildman–Crippen LogP) is 7.34. The Balaban J connectivity index is 0.000000528. The van der Waals surface area contributed by atoms with Gasteiger partial charge in [-0.05, 0) is 67.2 Å². The number of esters is 1. The van der Waals surface area contributed by atoms with Gasteiger partial charge < -0.3 is 15.4 Å². The second-order valence-electron chi connectivity index (χ2n) is 14.9. The molecule has 2 aliphatic carbocycles. The van der Waals surface area contributed by atoms with E-state index in [4.69, 9.17) is 4.74 Å². The fourth-order valence-electron chi connectivity index (χ4n) is 3.73. The highest BCUT2D eigenvalue weighted by Crippen LogP contribution is 2.22. The molecule has 0 heterocycles. The van der Waals surface area contributed by atoms with Crippen LogP contribution in [0.2, 0.25) is 0 Å². The lowest BCUT2D eigenvalue weighted by atomic mass is 9.91. The van der Waals surface area contributed by atoms with E-state index in [2.05, 4.69) is 10.6 Å². The molecule has 2 saturated carbocycles. The third-order valence-electron chi connectivity index (χ3n) is 6.25. The van der Waals surface area contributed by atoms with Crippen molar-refractivity contribution < 1.29 is 19.1 Å². The molecule has 2 N–H and O–H groups in total. The highest BCUT2D eigenvalue weighted by Gasteiger charge is 2.28. The van der Waals surface area contributed by atoms with Gasteiger partial charge >= 0.3 is 5.97 Å². The highest BCUT2D eigenvalue weighted by atomic mass is 16.6. The fourth-order valence-corrected chi connectivity index (χ4v) is 3.73. The van der Waals surface area contributed by atoms with Crippen LogP contribution in [0.5, 0.6) is 0 Å². The first-order valence-electron chi connectivity index (χ1n) is 14.5. The van der Waals surface area contributed by atoms with E-state index in [9.17, 15) is 14.4 Å². The third-order valence-corrected chi connectivity index (χ3v) is 6.25. The molecule has 2 amide bonds. The molecule has 37 heavy (non-hydrogen) atoms. The minimum Gasteiger partial charge on any atom is -0.460 e. The Bertz CT molecular complexity index is 649. The molecule has 2 fully saturated rings. The van der Waals surface area contributed by atoms with Gasteiger partial charge in [0.25, 0.3) is 0 Å². The second kappa shape index (κ2) is 15.1. The monoisotopic (exact) mass is 524 g/mol. The maximum Gasteiger partial charge on any atom is 0.311 e. The van der Waals surface area contributed by atoms with Crippen LogP contribution in [-0.2, 0) is 19.1 Å². The molecule has 0 aromatic rings. The summed E-state index contributed by atoms with van der Waals surface area (Å²) in [5.41, 5.74) is -1.24. The smallest absolute Gasteiger partial charge is 0.311 e. The van der Waals surface area contributed by atoms with Crippen molar-refractivity contribution >= 4 is 17.8 Å². The third kappa shape index (κ3) is 17.5. The molecule has 0 aliphatic heterocycles. The first-order chi connectivity index (χ1) is 16.6. The van der Waals surface area contributed by atoms with Gasteiger partial charge in [0.15, 0.2) is 0 Å². The fraction of sp³-hybridized carbons (Fsp3) is 0.903. The molecule has 0 saturated heterocycles. The lowest BCUT2D eigenvalue weighted by Gasteiger charge is -2.26. The lowest BCUT2D eigenvalue weighted by molar-refractivity contribution is -0.164. The number of ether oxygens (including phenoxy) is 1. The van der Waals surface area contributed by atoms with Crippen LogP contribution in [0.15, 0.2) is 0 Å². The summed E-state index contributed by atoms with van der Waals surface area (Å²) in [7, 11) is 0. The zero-order valence-electron chi connectivity index (χ0n) is 26.4. The van der Waals surface area contributed by atoms with Crippen LogP contribution >= 0.6 is 0 Å². The molecule has 0 radical (unpaired) electrons. The van der Waals surface area contributed by atoms with E-state index in [0.717, 1.165) is 0 Å². The summed E-state index contributed by atoms with van der Waals surface area (Å²) >= 11 is 0. The summed E-state index contributed by atoms with van der Waals surface area (Å²) in [5.74, 6) is 0.240. The largest absolute Gasteiger partial charge is 0.460 e. The van der Waals surface area contributed by atoms with Crippen molar-refractivity contribution in [1.29, 1.82) is 0 Å². The van der Waals surface area contributed by atoms with Crippen LogP contribution in [0.1, 0.15) is 147 Å². The molecule has 218 valence electrons. The quantitative estimate of drug-likeness (QED) is 0.370. The molecule has 2 aliphatic rings. The number of amides is 2. The molecule has 0 aromatic carbocycles. The molecule has 0 bridgehead atoms. The van der Waals surface area contributed by atoms with E-state index in [-0.39, 0.29) is 34.2 Å². The maximum atomic E-state index is 11.6. The van der Waals surface area contributed by atoms with Crippen molar-refractivity contribution in [2.45, 2.75) is 165 Å². The van der Waals surface area contributed by atoms with E-state index < -0.39 is 5.41 Å². The molecule has 0 atom stereocenters. The molecule has 6 heteroatoms. The van der Waals surface area contributed by atoms with Gasteiger partial charge in [-0.3, -0.25) is 14.4 Å². The van der Waals surface area contributed by atoms with Crippen LogP contribution in [0.25, 0.3) is 0 Å². The van der Waals surface area contributed by atoms with Gasteiger partial charge in [0.05, 0.1) is 5.41 Å². The minimum absolute atomic E-state index is 0.148. The normalized spacial score (nSPS) is 17.8. The highest BCUT2D eigenvalue weighted by molar-refractivity contribution is 5.82. The van der Waals surface area contributed by atoms with Crippen LogP contribution < -0.4 is 10.6 Å². The Morgan fingerprint density at radius 2 is 0.811 bits per heavy atom. The van der Waals surface area contributed by atoms with Gasteiger partial charge in [0.2, 0.25) is 11.8 Å². The molecule has 0 unspecified atom stereocenters. The average Bonchev–Trinajstić information content (AvgIpc) is 2.73. The molecule has 2 rings (SSSR count). The standard InChI is InChI=1S/2C11H21NO.C9H18O2/c2*1-11(2,3)10(13)12-9-7-5-4-6-8-9;1-8(2,3)7(10)11-9(4,5)6/h2*9H,4-8H2,1-3H3,(H,12,13);1-6H3. The Morgan fingerprint density at radius 3 is 1.00 bits per heavy atom. The van der Waals surface area contributed by atoms with Crippen molar-refractivity contribution in [3.63, 3.8) is 0 Å². The van der Waals surface area contributed by atoms with Crippen molar-refractivity contribution in [3.8, 4) is 0 Å². The van der Waals surface area contributed by atoms with Gasteiger partial charge in [0.1, 0.15) is 5.60 Å². The molecule has 0 spiro atoms. The van der Waals surface area contributed by atoms with Crippen LogP contribution in [0.3, 0.4) is 0 Å². The second-order valence-corrected chi connectivity index (χ2v) is 14.9. The van der Waals surface area contributed by atoms with Crippen LogP contribution in [-0.4, -0.2) is 35.5 Å². The summed E-state index contributed by atoms with van der Waals surface area (Å²) in [6.07, 6.45) is 12.4. The van der Waals surface area contributed by atoms with E-state index in [1.165, 1.54) is 64.2 Å². The van der Waals surface area contributed by atoms with E-state index in [1.54, 1.807) is 0 Å². The van der Waals surface area contributed by atoms with Gasteiger partial charge in [0, 0.05) is 22.9 Å². The number of hydrogen-bond acceptors (Lipinski definition) is 4. The van der Waals surface area contributed by atoms with E-state index in [0.29, 0.717) is 12.1 Å².